The van der Waals surface area contributed by atoms with Gasteiger partial charge in [0.05, 0.1) is 24.0 Å². The molecule has 0 aromatic heterocycles. The Morgan fingerprint density at radius 1 is 0.643 bits per heavy atom. The maximum Gasteiger partial charge on any atom is 0.306 e. The van der Waals surface area contributed by atoms with Gasteiger partial charge in [0.25, 0.3) is 0 Å². The summed E-state index contributed by atoms with van der Waals surface area (Å²) >= 11 is 0. The fourth-order valence-electron chi connectivity index (χ4n) is 5.48. The van der Waals surface area contributed by atoms with Gasteiger partial charge in [-0.15, -0.1) is 0 Å². The number of carbonyl (C=O) groups is 2. The second-order valence-electron chi connectivity index (χ2n) is 14.0. The maximum absolute atomic E-state index is 12.0. The van der Waals surface area contributed by atoms with E-state index >= 15 is 0 Å². The van der Waals surface area contributed by atoms with Crippen LogP contribution in [-0.4, -0.2) is 54.8 Å². The minimum atomic E-state index is -1.04. The summed E-state index contributed by atoms with van der Waals surface area (Å²) in [5.74, 6) is -3.42. The Kier molecular flexibility index (Phi) is 11.6. The highest BCUT2D eigenvalue weighted by molar-refractivity contribution is 5.71. The third-order valence-electron chi connectivity index (χ3n) is 7.95. The first kappa shape index (κ1) is 35.1. The van der Waals surface area contributed by atoms with Crippen molar-refractivity contribution in [3.05, 3.63) is 57.6 Å². The number of phenolic OH excluding ortho intramolecular Hbond substituents is 2. The fraction of sp³-hybridized carbons (Fsp3) is 0.588. The van der Waals surface area contributed by atoms with Gasteiger partial charge in [0.1, 0.15) is 11.5 Å². The monoisotopic (exact) mass is 586 g/mol. The van der Waals surface area contributed by atoms with Crippen molar-refractivity contribution in [3.8, 4) is 11.5 Å². The highest BCUT2D eigenvalue weighted by Crippen LogP contribution is 2.36. The second kappa shape index (κ2) is 13.9. The predicted molar refractivity (Wildman–Crippen MR) is 163 cm³/mol. The average molecular weight is 587 g/mol. The van der Waals surface area contributed by atoms with Crippen LogP contribution in [0.3, 0.4) is 0 Å². The van der Waals surface area contributed by atoms with Gasteiger partial charge < -0.3 is 30.6 Å². The molecule has 0 heterocycles. The van der Waals surface area contributed by atoms with E-state index in [4.69, 9.17) is 0 Å². The number of rotatable bonds is 13. The maximum atomic E-state index is 12.0. The second-order valence-corrected chi connectivity index (χ2v) is 14.0. The van der Waals surface area contributed by atoms with E-state index in [1.165, 1.54) is 0 Å². The molecule has 2 aromatic rings. The van der Waals surface area contributed by atoms with Crippen LogP contribution in [0.5, 0.6) is 11.5 Å². The SMILES string of the molecule is Cc1cc(CC(CC(O)CCC(O)CC(Cc2cc(C)c(O)c(C(C)(C)C)c2)C(=O)O)C(=O)O)cc(C(C)(C)C)c1O. The van der Waals surface area contributed by atoms with E-state index < -0.39 is 36.0 Å². The molecule has 0 fully saturated rings. The number of carboxylic acids is 2. The van der Waals surface area contributed by atoms with Crippen molar-refractivity contribution in [2.75, 3.05) is 0 Å². The summed E-state index contributed by atoms with van der Waals surface area (Å²) in [6.07, 6.45) is -1.38. The van der Waals surface area contributed by atoms with Crippen molar-refractivity contribution < 1.29 is 40.2 Å². The molecule has 234 valence electrons. The van der Waals surface area contributed by atoms with Crippen LogP contribution in [-0.2, 0) is 33.3 Å². The van der Waals surface area contributed by atoms with Gasteiger partial charge in [-0.2, -0.15) is 0 Å². The summed E-state index contributed by atoms with van der Waals surface area (Å²) < 4.78 is 0. The lowest BCUT2D eigenvalue weighted by Gasteiger charge is -2.24. The lowest BCUT2D eigenvalue weighted by Crippen LogP contribution is -2.26. The normalized spacial score (nSPS) is 15.2. The molecule has 42 heavy (non-hydrogen) atoms. The third kappa shape index (κ3) is 9.73. The Morgan fingerprint density at radius 2 is 0.952 bits per heavy atom. The van der Waals surface area contributed by atoms with Crippen molar-refractivity contribution in [1.29, 1.82) is 0 Å². The molecule has 4 unspecified atom stereocenters. The Bertz CT molecular complexity index is 1150. The summed E-state index contributed by atoms with van der Waals surface area (Å²) in [7, 11) is 0. The van der Waals surface area contributed by atoms with Gasteiger partial charge in [-0.1, -0.05) is 65.8 Å². The number of aryl methyl sites for hydroxylation is 2. The summed E-state index contributed by atoms with van der Waals surface area (Å²) in [6.45, 7) is 15.4. The quantitative estimate of drug-likeness (QED) is 0.173. The predicted octanol–water partition coefficient (Wildman–Crippen LogP) is 5.78. The summed E-state index contributed by atoms with van der Waals surface area (Å²) in [5, 5.41) is 62.0. The van der Waals surface area contributed by atoms with E-state index in [1.807, 2.05) is 53.7 Å². The largest absolute Gasteiger partial charge is 0.507 e. The van der Waals surface area contributed by atoms with Crippen LogP contribution in [0.4, 0.5) is 0 Å². The topological polar surface area (TPSA) is 156 Å². The lowest BCUT2D eigenvalue weighted by atomic mass is 9.82. The van der Waals surface area contributed by atoms with Gasteiger partial charge in [-0.05, 0) is 96.6 Å². The molecule has 4 atom stereocenters. The third-order valence-corrected chi connectivity index (χ3v) is 7.95. The van der Waals surface area contributed by atoms with Crippen molar-refractivity contribution in [3.63, 3.8) is 0 Å². The molecule has 0 aliphatic heterocycles. The molecule has 8 heteroatoms. The molecule has 0 saturated heterocycles. The van der Waals surface area contributed by atoms with Crippen LogP contribution in [0.15, 0.2) is 24.3 Å². The van der Waals surface area contributed by atoms with E-state index in [2.05, 4.69) is 0 Å². The molecule has 6 N–H and O–H groups in total. The molecule has 0 saturated carbocycles. The number of carboxylic acid groups (broad SMARTS) is 2. The van der Waals surface area contributed by atoms with Crippen LogP contribution in [0.2, 0.25) is 0 Å². The average Bonchev–Trinajstić information content (AvgIpc) is 2.84. The highest BCUT2D eigenvalue weighted by atomic mass is 16.4. The Labute approximate surface area is 250 Å². The first-order valence-electron chi connectivity index (χ1n) is 14.7. The Balaban J connectivity index is 2.04. The molecule has 0 amide bonds. The van der Waals surface area contributed by atoms with Gasteiger partial charge >= 0.3 is 11.9 Å². The number of aliphatic carboxylic acids is 2. The molecule has 0 aliphatic carbocycles. The minimum absolute atomic E-state index is 0.0163. The number of hydrogen-bond donors (Lipinski definition) is 6. The Morgan fingerprint density at radius 3 is 1.21 bits per heavy atom. The van der Waals surface area contributed by atoms with Crippen LogP contribution in [0, 0.1) is 25.7 Å². The Hall–Kier alpha value is -3.10. The van der Waals surface area contributed by atoms with E-state index in [0.29, 0.717) is 11.1 Å². The van der Waals surface area contributed by atoms with Gasteiger partial charge in [0.15, 0.2) is 0 Å². The van der Waals surface area contributed by atoms with Gasteiger partial charge in [-0.3, -0.25) is 9.59 Å². The molecule has 2 rings (SSSR count). The van der Waals surface area contributed by atoms with Crippen LogP contribution in [0.25, 0.3) is 0 Å². The lowest BCUT2D eigenvalue weighted by molar-refractivity contribution is -0.144. The smallest absolute Gasteiger partial charge is 0.306 e. The molecule has 0 aliphatic rings. The van der Waals surface area contributed by atoms with Crippen molar-refractivity contribution in [1.82, 2.24) is 0 Å². The first-order chi connectivity index (χ1) is 19.2. The fourth-order valence-corrected chi connectivity index (χ4v) is 5.48. The highest BCUT2D eigenvalue weighted by Gasteiger charge is 2.28. The number of hydrogen-bond acceptors (Lipinski definition) is 6. The van der Waals surface area contributed by atoms with Crippen LogP contribution < -0.4 is 0 Å². The van der Waals surface area contributed by atoms with Crippen molar-refractivity contribution >= 4 is 11.9 Å². The van der Waals surface area contributed by atoms with E-state index in [0.717, 1.165) is 22.3 Å². The first-order valence-corrected chi connectivity index (χ1v) is 14.7. The number of phenols is 2. The van der Waals surface area contributed by atoms with E-state index in [-0.39, 0.29) is 60.9 Å². The van der Waals surface area contributed by atoms with Crippen LogP contribution >= 0.6 is 0 Å². The molecule has 0 bridgehead atoms. The molecular formula is C34H50O8. The molecule has 0 spiro atoms. The van der Waals surface area contributed by atoms with E-state index in [9.17, 15) is 40.2 Å². The minimum Gasteiger partial charge on any atom is -0.507 e. The number of aliphatic hydroxyl groups is 2. The van der Waals surface area contributed by atoms with Gasteiger partial charge in [0.2, 0.25) is 0 Å². The summed E-state index contributed by atoms with van der Waals surface area (Å²) in [4.78, 5) is 24.1. The standard InChI is InChI=1S/C34H50O8/c1-19-11-21(15-27(29(19)37)33(3,4)5)13-23(31(39)40)17-25(35)9-10-26(36)18-24(32(41)42)14-22-12-20(2)30(38)28(16-22)34(6,7)8/h11-12,15-16,23-26,35-38H,9-10,13-14,17-18H2,1-8H3,(H,39,40)(H,41,42). The zero-order valence-electron chi connectivity index (χ0n) is 26.4. The van der Waals surface area contributed by atoms with E-state index in [1.54, 1.807) is 26.0 Å². The molecular weight excluding hydrogens is 536 g/mol. The van der Waals surface area contributed by atoms with Gasteiger partial charge in [0, 0.05) is 0 Å². The summed E-state index contributed by atoms with van der Waals surface area (Å²) in [5.41, 5.74) is 3.65. The van der Waals surface area contributed by atoms with Crippen molar-refractivity contribution in [2.24, 2.45) is 11.8 Å². The zero-order valence-corrected chi connectivity index (χ0v) is 26.4. The van der Waals surface area contributed by atoms with Crippen LogP contribution in [0.1, 0.15) is 101 Å². The summed E-state index contributed by atoms with van der Waals surface area (Å²) in [6, 6.07) is 7.17. The molecule has 0 radical (unpaired) electrons. The molecule has 8 nitrogen and oxygen atoms in total. The number of benzene rings is 2. The number of aromatic hydroxyl groups is 2. The van der Waals surface area contributed by atoms with Gasteiger partial charge in [-0.25, -0.2) is 0 Å². The number of aliphatic hydroxyl groups excluding tert-OH is 2. The molecule has 2 aromatic carbocycles. The van der Waals surface area contributed by atoms with Crippen molar-refractivity contribution in [2.45, 2.75) is 117 Å². The zero-order chi connectivity index (χ0) is 32.2.